The van der Waals surface area contributed by atoms with E-state index in [2.05, 4.69) is 9.97 Å². The highest BCUT2D eigenvalue weighted by molar-refractivity contribution is 5.90. The fraction of sp³-hybridized carbons (Fsp3) is 0.143. The Morgan fingerprint density at radius 2 is 1.81 bits per heavy atom. The van der Waals surface area contributed by atoms with Crippen LogP contribution in [0.1, 0.15) is 29.0 Å². The van der Waals surface area contributed by atoms with Crippen LogP contribution in [0.4, 0.5) is 0 Å². The summed E-state index contributed by atoms with van der Waals surface area (Å²) in [4.78, 5) is 32.8. The molecule has 0 amide bonds. The van der Waals surface area contributed by atoms with Crippen LogP contribution in [0.3, 0.4) is 0 Å². The lowest BCUT2D eigenvalue weighted by atomic mass is 9.85. The van der Waals surface area contributed by atoms with Crippen molar-refractivity contribution in [2.75, 3.05) is 0 Å². The van der Waals surface area contributed by atoms with Crippen molar-refractivity contribution in [1.82, 2.24) is 9.97 Å². The molecule has 1 aliphatic rings. The number of carbonyl (C=O) groups is 1. The first-order valence-electron chi connectivity index (χ1n) is 8.59. The van der Waals surface area contributed by atoms with Crippen LogP contribution in [0.2, 0.25) is 0 Å². The van der Waals surface area contributed by atoms with E-state index in [-0.39, 0.29) is 18.3 Å². The molecule has 0 saturated carbocycles. The Labute approximate surface area is 153 Å². The Balaban J connectivity index is 1.80. The van der Waals surface area contributed by atoms with Crippen LogP contribution in [-0.4, -0.2) is 15.9 Å². The second kappa shape index (κ2) is 5.74. The Hall–Kier alpha value is -3.54. The van der Waals surface area contributed by atoms with Crippen LogP contribution in [0.25, 0.3) is 22.0 Å². The highest BCUT2D eigenvalue weighted by Crippen LogP contribution is 2.43. The number of carbonyl (C=O) groups excluding carboxylic acids is 1. The van der Waals surface area contributed by atoms with Gasteiger partial charge in [-0.25, -0.2) is 4.79 Å². The molecule has 0 N–H and O–H groups in total. The van der Waals surface area contributed by atoms with Crippen LogP contribution in [0.5, 0.6) is 5.75 Å². The normalized spacial score (nSPS) is 16.3. The standard InChI is InChI=1S/C21H14N2O4/c1-11-8-18(24)27-21-13(11)3-5-17-20(21)14(10-19(25)26-17)12-2-4-15-16(9-12)23-7-6-22-15/h2-9,14H,10H2,1H3/t14-/m0/s1. The molecule has 1 aliphatic heterocycles. The molecule has 132 valence electrons. The number of aryl methyl sites for hydroxylation is 1. The molecule has 0 aliphatic carbocycles. The maximum absolute atomic E-state index is 12.2. The zero-order valence-corrected chi connectivity index (χ0v) is 14.4. The lowest BCUT2D eigenvalue weighted by molar-refractivity contribution is -0.135. The van der Waals surface area contributed by atoms with Gasteiger partial charge in [0, 0.05) is 35.3 Å². The number of hydrogen-bond donors (Lipinski definition) is 0. The smallest absolute Gasteiger partial charge is 0.336 e. The van der Waals surface area contributed by atoms with Gasteiger partial charge in [-0.05, 0) is 42.3 Å². The number of fused-ring (bicyclic) bond motifs is 4. The SMILES string of the molecule is Cc1cc(=O)oc2c3c(ccc12)OC(=O)C[C@H]3c1ccc2nccnc2c1. The molecule has 27 heavy (non-hydrogen) atoms. The predicted octanol–water partition coefficient (Wildman–Crippen LogP) is 3.49. The van der Waals surface area contributed by atoms with Gasteiger partial charge in [0.05, 0.1) is 17.5 Å². The van der Waals surface area contributed by atoms with Crippen molar-refractivity contribution in [3.05, 3.63) is 75.9 Å². The summed E-state index contributed by atoms with van der Waals surface area (Å²) in [7, 11) is 0. The van der Waals surface area contributed by atoms with Crippen molar-refractivity contribution in [2.24, 2.45) is 0 Å². The van der Waals surface area contributed by atoms with Crippen molar-refractivity contribution in [3.8, 4) is 5.75 Å². The number of nitrogens with zero attached hydrogens (tertiary/aromatic N) is 2. The van der Waals surface area contributed by atoms with Gasteiger partial charge in [-0.15, -0.1) is 0 Å². The summed E-state index contributed by atoms with van der Waals surface area (Å²) in [6.45, 7) is 1.86. The average Bonchev–Trinajstić information content (AvgIpc) is 2.66. The monoisotopic (exact) mass is 358 g/mol. The summed E-state index contributed by atoms with van der Waals surface area (Å²) in [5.74, 6) is -0.181. The molecule has 6 heteroatoms. The van der Waals surface area contributed by atoms with E-state index in [4.69, 9.17) is 9.15 Å². The Morgan fingerprint density at radius 1 is 1.00 bits per heavy atom. The van der Waals surface area contributed by atoms with Gasteiger partial charge in [0.2, 0.25) is 0 Å². The molecule has 1 atom stereocenters. The number of benzene rings is 2. The van der Waals surface area contributed by atoms with Crippen LogP contribution in [-0.2, 0) is 4.79 Å². The van der Waals surface area contributed by atoms with Gasteiger partial charge < -0.3 is 9.15 Å². The number of aromatic nitrogens is 2. The Kier molecular flexibility index (Phi) is 3.33. The van der Waals surface area contributed by atoms with Crippen molar-refractivity contribution >= 4 is 28.0 Å². The third kappa shape index (κ3) is 2.49. The lowest BCUT2D eigenvalue weighted by Gasteiger charge is -2.25. The molecule has 6 nitrogen and oxygen atoms in total. The second-order valence-electron chi connectivity index (χ2n) is 6.64. The van der Waals surface area contributed by atoms with Gasteiger partial charge >= 0.3 is 11.6 Å². The van der Waals surface area contributed by atoms with E-state index in [1.807, 2.05) is 31.2 Å². The van der Waals surface area contributed by atoms with Gasteiger partial charge in [0.15, 0.2) is 0 Å². The molecule has 0 radical (unpaired) electrons. The molecular weight excluding hydrogens is 344 g/mol. The van der Waals surface area contributed by atoms with Crippen molar-refractivity contribution in [2.45, 2.75) is 19.3 Å². The summed E-state index contributed by atoms with van der Waals surface area (Å²) in [5, 5.41) is 0.830. The molecule has 4 aromatic rings. The molecule has 0 unspecified atom stereocenters. The highest BCUT2D eigenvalue weighted by atomic mass is 16.5. The van der Waals surface area contributed by atoms with E-state index in [1.54, 1.807) is 18.5 Å². The van der Waals surface area contributed by atoms with Gasteiger partial charge in [-0.3, -0.25) is 14.8 Å². The Morgan fingerprint density at radius 3 is 2.67 bits per heavy atom. The largest absolute Gasteiger partial charge is 0.426 e. The van der Waals surface area contributed by atoms with Crippen LogP contribution in [0.15, 0.2) is 58.0 Å². The molecule has 0 spiro atoms. The molecule has 3 heterocycles. The first kappa shape index (κ1) is 15.7. The van der Waals surface area contributed by atoms with Crippen molar-refractivity contribution in [3.63, 3.8) is 0 Å². The van der Waals surface area contributed by atoms with Crippen molar-refractivity contribution in [1.29, 1.82) is 0 Å². The maximum Gasteiger partial charge on any atom is 0.336 e. The molecule has 2 aromatic heterocycles. The second-order valence-corrected chi connectivity index (χ2v) is 6.64. The van der Waals surface area contributed by atoms with Crippen LogP contribution < -0.4 is 10.4 Å². The summed E-state index contributed by atoms with van der Waals surface area (Å²) in [6.07, 6.45) is 3.43. The quantitative estimate of drug-likeness (QED) is 0.294. The molecule has 0 bridgehead atoms. The predicted molar refractivity (Wildman–Crippen MR) is 98.9 cm³/mol. The topological polar surface area (TPSA) is 82.3 Å². The van der Waals surface area contributed by atoms with E-state index < -0.39 is 5.63 Å². The fourth-order valence-electron chi connectivity index (χ4n) is 3.72. The highest BCUT2D eigenvalue weighted by Gasteiger charge is 2.32. The van der Waals surface area contributed by atoms with Crippen LogP contribution >= 0.6 is 0 Å². The number of rotatable bonds is 1. The average molecular weight is 358 g/mol. The summed E-state index contributed by atoms with van der Waals surface area (Å²) >= 11 is 0. The van der Waals surface area contributed by atoms with Gasteiger partial charge in [0.25, 0.3) is 0 Å². The van der Waals surface area contributed by atoms with Gasteiger partial charge in [0.1, 0.15) is 11.3 Å². The molecular formula is C21H14N2O4. The Bertz CT molecular complexity index is 1290. The molecule has 5 rings (SSSR count). The molecule has 0 fully saturated rings. The minimum absolute atomic E-state index is 0.162. The summed E-state index contributed by atoms with van der Waals surface area (Å²) in [5.41, 5.74) is 4.01. The van der Waals surface area contributed by atoms with Crippen LogP contribution in [0, 0.1) is 6.92 Å². The van der Waals surface area contributed by atoms with Crippen molar-refractivity contribution < 1.29 is 13.9 Å². The fourth-order valence-corrected chi connectivity index (χ4v) is 3.72. The number of esters is 1. The lowest BCUT2D eigenvalue weighted by Crippen LogP contribution is -2.21. The third-order valence-electron chi connectivity index (χ3n) is 4.96. The number of hydrogen-bond acceptors (Lipinski definition) is 6. The van der Waals surface area contributed by atoms with Gasteiger partial charge in [-0.1, -0.05) is 6.07 Å². The minimum Gasteiger partial charge on any atom is -0.426 e. The van der Waals surface area contributed by atoms with E-state index in [0.29, 0.717) is 11.3 Å². The summed E-state index contributed by atoms with van der Waals surface area (Å²) in [6, 6.07) is 10.8. The zero-order valence-electron chi connectivity index (χ0n) is 14.4. The first-order chi connectivity index (χ1) is 13.1. The molecule has 2 aromatic carbocycles. The first-order valence-corrected chi connectivity index (χ1v) is 8.59. The third-order valence-corrected chi connectivity index (χ3v) is 4.96. The van der Waals surface area contributed by atoms with E-state index in [9.17, 15) is 9.59 Å². The van der Waals surface area contributed by atoms with Gasteiger partial charge in [-0.2, -0.15) is 0 Å². The van der Waals surface area contributed by atoms with E-state index in [0.717, 1.165) is 33.1 Å². The zero-order chi connectivity index (χ0) is 18.5. The maximum atomic E-state index is 12.2. The molecule has 0 saturated heterocycles. The number of ether oxygens (including phenoxy) is 1. The van der Waals surface area contributed by atoms with E-state index >= 15 is 0 Å². The summed E-state index contributed by atoms with van der Waals surface area (Å²) < 4.78 is 11.0. The minimum atomic E-state index is -0.423. The van der Waals surface area contributed by atoms with E-state index in [1.165, 1.54) is 6.07 Å².